The molecule has 1 aromatic heterocycles. The summed E-state index contributed by atoms with van der Waals surface area (Å²) in [6.45, 7) is 0. The van der Waals surface area contributed by atoms with Crippen molar-refractivity contribution in [3.8, 4) is 0 Å². The summed E-state index contributed by atoms with van der Waals surface area (Å²) in [5.41, 5.74) is 6.60. The summed E-state index contributed by atoms with van der Waals surface area (Å²) < 4.78 is 0. The first kappa shape index (κ1) is 16.0. The molecule has 5 nitrogen and oxygen atoms in total. The Morgan fingerprint density at radius 2 is 1.73 bits per heavy atom. The second kappa shape index (κ2) is 8.14. The van der Waals surface area contributed by atoms with Crippen molar-refractivity contribution in [2.24, 2.45) is 0 Å². The third-order valence-corrected chi connectivity index (χ3v) is 3.23. The number of aryl methyl sites for hydroxylation is 1. The molecule has 1 heterocycles. The number of rotatable bonds is 5. The van der Waals surface area contributed by atoms with Crippen LogP contribution in [0.2, 0.25) is 5.02 Å². The van der Waals surface area contributed by atoms with Crippen molar-refractivity contribution in [2.45, 2.75) is 19.3 Å². The number of aromatic nitrogens is 1. The molecule has 0 aliphatic heterocycles. The van der Waals surface area contributed by atoms with Crippen molar-refractivity contribution in [2.75, 3.05) is 0 Å². The molecule has 0 bridgehead atoms. The van der Waals surface area contributed by atoms with Gasteiger partial charge in [0.25, 0.3) is 0 Å². The molecule has 0 spiro atoms. The number of halogens is 1. The van der Waals surface area contributed by atoms with E-state index in [1.54, 1.807) is 36.7 Å². The predicted octanol–water partition coefficient (Wildman–Crippen LogP) is 2.06. The highest BCUT2D eigenvalue weighted by Gasteiger charge is 2.06. The Bertz CT molecular complexity index is 630. The first-order chi connectivity index (χ1) is 10.6. The Morgan fingerprint density at radius 1 is 1.00 bits per heavy atom. The molecule has 22 heavy (non-hydrogen) atoms. The molecule has 0 saturated heterocycles. The van der Waals surface area contributed by atoms with Crippen molar-refractivity contribution < 1.29 is 9.59 Å². The number of hydrazine groups is 1. The molecule has 1 aromatic carbocycles. The summed E-state index contributed by atoms with van der Waals surface area (Å²) in [4.78, 5) is 27.3. The minimum atomic E-state index is -0.281. The topological polar surface area (TPSA) is 71.1 Å². The van der Waals surface area contributed by atoms with Crippen LogP contribution >= 0.6 is 11.6 Å². The molecule has 0 aliphatic carbocycles. The van der Waals surface area contributed by atoms with E-state index < -0.39 is 0 Å². The van der Waals surface area contributed by atoms with Crippen LogP contribution < -0.4 is 10.9 Å². The Kier molecular flexibility index (Phi) is 5.91. The van der Waals surface area contributed by atoms with E-state index in [4.69, 9.17) is 11.6 Å². The van der Waals surface area contributed by atoms with Crippen LogP contribution in [0, 0.1) is 0 Å². The standard InChI is InChI=1S/C16H16ClN3O2/c17-14-6-3-12(4-7-14)10-16(22)20-19-15(21)8-5-13-2-1-9-18-11-13/h1-4,6-7,9,11H,5,8,10H2,(H,19,21)(H,20,22). The van der Waals surface area contributed by atoms with E-state index in [0.717, 1.165) is 11.1 Å². The molecular weight excluding hydrogens is 302 g/mol. The van der Waals surface area contributed by atoms with E-state index >= 15 is 0 Å². The highest BCUT2D eigenvalue weighted by Crippen LogP contribution is 2.09. The smallest absolute Gasteiger partial charge is 0.242 e. The minimum Gasteiger partial charge on any atom is -0.273 e. The van der Waals surface area contributed by atoms with E-state index in [1.165, 1.54) is 0 Å². The monoisotopic (exact) mass is 317 g/mol. The number of nitrogens with zero attached hydrogens (tertiary/aromatic N) is 1. The number of benzene rings is 1. The zero-order chi connectivity index (χ0) is 15.8. The Balaban J connectivity index is 1.69. The van der Waals surface area contributed by atoms with Gasteiger partial charge in [-0.1, -0.05) is 29.8 Å². The van der Waals surface area contributed by atoms with Crippen LogP contribution in [0.3, 0.4) is 0 Å². The molecule has 0 unspecified atom stereocenters. The number of carbonyl (C=O) groups is 2. The Morgan fingerprint density at radius 3 is 2.41 bits per heavy atom. The molecule has 0 atom stereocenters. The van der Waals surface area contributed by atoms with E-state index in [0.29, 0.717) is 11.4 Å². The number of nitrogens with one attached hydrogen (secondary N) is 2. The number of carbonyl (C=O) groups excluding carboxylic acids is 2. The van der Waals surface area contributed by atoms with E-state index in [-0.39, 0.29) is 24.7 Å². The summed E-state index contributed by atoms with van der Waals surface area (Å²) >= 11 is 5.77. The highest BCUT2D eigenvalue weighted by atomic mass is 35.5. The van der Waals surface area contributed by atoms with Gasteiger partial charge >= 0.3 is 0 Å². The van der Waals surface area contributed by atoms with E-state index in [1.807, 2.05) is 12.1 Å². The molecule has 2 N–H and O–H groups in total. The van der Waals surface area contributed by atoms with Crippen molar-refractivity contribution >= 4 is 23.4 Å². The van der Waals surface area contributed by atoms with Gasteiger partial charge < -0.3 is 0 Å². The normalized spacial score (nSPS) is 10.0. The van der Waals surface area contributed by atoms with Crippen molar-refractivity contribution in [3.63, 3.8) is 0 Å². The number of pyridine rings is 1. The lowest BCUT2D eigenvalue weighted by Crippen LogP contribution is -2.42. The van der Waals surface area contributed by atoms with Gasteiger partial charge in [0.05, 0.1) is 6.42 Å². The first-order valence-electron chi connectivity index (χ1n) is 6.84. The fourth-order valence-corrected chi connectivity index (χ4v) is 1.96. The van der Waals surface area contributed by atoms with E-state index in [9.17, 15) is 9.59 Å². The van der Waals surface area contributed by atoms with Crippen LogP contribution in [-0.2, 0) is 22.4 Å². The molecule has 2 rings (SSSR count). The van der Waals surface area contributed by atoms with Crippen LogP contribution in [0.1, 0.15) is 17.5 Å². The lowest BCUT2D eigenvalue weighted by molar-refractivity contribution is -0.128. The summed E-state index contributed by atoms with van der Waals surface area (Å²) in [5.74, 6) is -0.523. The van der Waals surface area contributed by atoms with Crippen molar-refractivity contribution in [1.29, 1.82) is 0 Å². The molecule has 0 fully saturated rings. The first-order valence-corrected chi connectivity index (χ1v) is 7.22. The van der Waals surface area contributed by atoms with Gasteiger partial charge in [-0.3, -0.25) is 25.4 Å². The fraction of sp³-hybridized carbons (Fsp3) is 0.188. The fourth-order valence-electron chi connectivity index (χ4n) is 1.84. The van der Waals surface area contributed by atoms with Gasteiger partial charge in [-0.25, -0.2) is 0 Å². The van der Waals surface area contributed by atoms with Crippen LogP contribution in [0.5, 0.6) is 0 Å². The molecule has 114 valence electrons. The second-order valence-corrected chi connectivity index (χ2v) is 5.20. The average Bonchev–Trinajstić information content (AvgIpc) is 2.54. The maximum atomic E-state index is 11.7. The zero-order valence-corrected chi connectivity index (χ0v) is 12.6. The third-order valence-electron chi connectivity index (χ3n) is 2.98. The largest absolute Gasteiger partial charge is 0.273 e. The van der Waals surface area contributed by atoms with Gasteiger partial charge in [-0.2, -0.15) is 0 Å². The SMILES string of the molecule is O=C(CCc1cccnc1)NNC(=O)Cc1ccc(Cl)cc1. The second-order valence-electron chi connectivity index (χ2n) is 4.76. The maximum Gasteiger partial charge on any atom is 0.242 e. The Labute approximate surface area is 133 Å². The van der Waals surface area contributed by atoms with Gasteiger partial charge in [0, 0.05) is 23.8 Å². The van der Waals surface area contributed by atoms with Gasteiger partial charge in [0.1, 0.15) is 0 Å². The van der Waals surface area contributed by atoms with Gasteiger partial charge in [0.15, 0.2) is 0 Å². The predicted molar refractivity (Wildman–Crippen MR) is 84.0 cm³/mol. The molecule has 0 saturated carbocycles. The van der Waals surface area contributed by atoms with E-state index in [2.05, 4.69) is 15.8 Å². The summed E-state index contributed by atoms with van der Waals surface area (Å²) in [6, 6.07) is 10.7. The Hall–Kier alpha value is -2.40. The summed E-state index contributed by atoms with van der Waals surface area (Å²) in [7, 11) is 0. The summed E-state index contributed by atoms with van der Waals surface area (Å²) in [6.07, 6.45) is 4.44. The zero-order valence-electron chi connectivity index (χ0n) is 11.9. The average molecular weight is 318 g/mol. The van der Waals surface area contributed by atoms with Gasteiger partial charge in [-0.05, 0) is 35.7 Å². The molecular formula is C16H16ClN3O2. The lowest BCUT2D eigenvalue weighted by Gasteiger charge is -2.07. The minimum absolute atomic E-state index is 0.181. The maximum absolute atomic E-state index is 11.7. The van der Waals surface area contributed by atoms with Crippen molar-refractivity contribution in [3.05, 3.63) is 64.9 Å². The third kappa shape index (κ3) is 5.54. The van der Waals surface area contributed by atoms with Gasteiger partial charge in [-0.15, -0.1) is 0 Å². The molecule has 6 heteroatoms. The summed E-state index contributed by atoms with van der Waals surface area (Å²) in [5, 5.41) is 0.618. The van der Waals surface area contributed by atoms with Crippen LogP contribution in [0.25, 0.3) is 0 Å². The number of amides is 2. The quantitative estimate of drug-likeness (QED) is 0.829. The van der Waals surface area contributed by atoms with Crippen LogP contribution in [0.4, 0.5) is 0 Å². The van der Waals surface area contributed by atoms with Crippen LogP contribution in [-0.4, -0.2) is 16.8 Å². The van der Waals surface area contributed by atoms with Crippen molar-refractivity contribution in [1.82, 2.24) is 15.8 Å². The molecule has 2 aromatic rings. The molecule has 0 aliphatic rings. The highest BCUT2D eigenvalue weighted by molar-refractivity contribution is 6.30. The number of hydrogen-bond donors (Lipinski definition) is 2. The van der Waals surface area contributed by atoms with Gasteiger partial charge in [0.2, 0.25) is 11.8 Å². The molecule has 0 radical (unpaired) electrons. The lowest BCUT2D eigenvalue weighted by atomic mass is 10.1. The molecule has 2 amide bonds. The van der Waals surface area contributed by atoms with Crippen LogP contribution in [0.15, 0.2) is 48.8 Å². The number of hydrogen-bond acceptors (Lipinski definition) is 3.